The quantitative estimate of drug-likeness (QED) is 0.356. The third-order valence-corrected chi connectivity index (χ3v) is 6.89. The summed E-state index contributed by atoms with van der Waals surface area (Å²) in [6, 6.07) is 29.2. The zero-order valence-electron chi connectivity index (χ0n) is 15.6. The molecule has 0 bridgehead atoms. The molecule has 0 saturated carbocycles. The smallest absolute Gasteiger partial charge is 0.338 e. The Morgan fingerprint density at radius 2 is 1.37 bits per heavy atom. The molecule has 0 fully saturated rings. The van der Waals surface area contributed by atoms with E-state index >= 15 is 0 Å². The number of ether oxygens (including phenoxy) is 1. The molecule has 3 rings (SSSR count). The standard InChI is InChI=1S/C24H22O2P/c1-3-22(24(25)26-2)23-17-11-10-12-19(23)18-27(20-13-6-4-7-14-20)21-15-8-5-9-16-21/h4-17H,18H2,1-2H3. The number of esters is 1. The molecule has 0 aliphatic carbocycles. The molecule has 2 nitrogen and oxygen atoms in total. The van der Waals surface area contributed by atoms with Gasteiger partial charge in [-0.1, -0.05) is 84.9 Å². The molecule has 0 heterocycles. The van der Waals surface area contributed by atoms with E-state index in [4.69, 9.17) is 4.74 Å². The van der Waals surface area contributed by atoms with Crippen LogP contribution >= 0.6 is 7.92 Å². The average Bonchev–Trinajstić information content (AvgIpc) is 2.74. The van der Waals surface area contributed by atoms with E-state index in [0.29, 0.717) is 5.57 Å². The van der Waals surface area contributed by atoms with Gasteiger partial charge >= 0.3 is 5.97 Å². The summed E-state index contributed by atoms with van der Waals surface area (Å²) in [5.74, 6) is -0.353. The Bertz CT molecular complexity index is 878. The van der Waals surface area contributed by atoms with E-state index in [-0.39, 0.29) is 5.97 Å². The van der Waals surface area contributed by atoms with Crippen LogP contribution in [0.25, 0.3) is 5.57 Å². The van der Waals surface area contributed by atoms with Crippen LogP contribution in [0.2, 0.25) is 0 Å². The molecule has 0 spiro atoms. The van der Waals surface area contributed by atoms with Crippen molar-refractivity contribution in [1.82, 2.24) is 0 Å². The lowest BCUT2D eigenvalue weighted by Gasteiger charge is -2.21. The summed E-state index contributed by atoms with van der Waals surface area (Å²) in [6.07, 6.45) is 3.86. The fraction of sp³-hybridized carbons (Fsp3) is 0.125. The van der Waals surface area contributed by atoms with Gasteiger partial charge in [-0.05, 0) is 42.7 Å². The van der Waals surface area contributed by atoms with E-state index in [0.717, 1.165) is 17.3 Å². The molecule has 1 radical (unpaired) electrons. The number of hydrogen-bond acceptors (Lipinski definition) is 2. The maximum absolute atomic E-state index is 12.2. The maximum Gasteiger partial charge on any atom is 0.338 e. The highest BCUT2D eigenvalue weighted by atomic mass is 31.1. The van der Waals surface area contributed by atoms with Crippen LogP contribution in [0.1, 0.15) is 18.1 Å². The number of rotatable bonds is 6. The monoisotopic (exact) mass is 373 g/mol. The summed E-state index contributed by atoms with van der Waals surface area (Å²) in [5, 5.41) is 2.63. The van der Waals surface area contributed by atoms with Gasteiger partial charge in [0, 0.05) is 6.16 Å². The second-order valence-corrected chi connectivity index (χ2v) is 8.24. The summed E-state index contributed by atoms with van der Waals surface area (Å²) in [4.78, 5) is 12.2. The number of carbonyl (C=O) groups is 1. The number of methoxy groups -OCH3 is 1. The minimum atomic E-state index is -0.590. The zero-order valence-corrected chi connectivity index (χ0v) is 16.4. The summed E-state index contributed by atoms with van der Waals surface area (Å²) >= 11 is 0. The maximum atomic E-state index is 12.2. The van der Waals surface area contributed by atoms with Crippen LogP contribution in [0.5, 0.6) is 0 Å². The molecular formula is C24H22O2P. The molecule has 0 N–H and O–H groups in total. The molecule has 135 valence electrons. The van der Waals surface area contributed by atoms with E-state index in [1.54, 1.807) is 6.92 Å². The van der Waals surface area contributed by atoms with Crippen LogP contribution in [0.3, 0.4) is 0 Å². The van der Waals surface area contributed by atoms with E-state index in [1.165, 1.54) is 17.7 Å². The van der Waals surface area contributed by atoms with Crippen molar-refractivity contribution in [2.45, 2.75) is 13.1 Å². The SMILES string of the molecule is C[C]=C(C(=O)OC)c1ccccc1CP(c1ccccc1)c1ccccc1. The molecule has 0 aromatic heterocycles. The third kappa shape index (κ3) is 4.53. The Hall–Kier alpha value is -2.70. The third-order valence-electron chi connectivity index (χ3n) is 4.39. The highest BCUT2D eigenvalue weighted by Crippen LogP contribution is 2.39. The number of benzene rings is 3. The minimum absolute atomic E-state index is 0.353. The van der Waals surface area contributed by atoms with Gasteiger partial charge in [-0.2, -0.15) is 0 Å². The van der Waals surface area contributed by atoms with Gasteiger partial charge in [0.05, 0.1) is 12.7 Å². The second-order valence-electron chi connectivity index (χ2n) is 6.03. The number of hydrogen-bond donors (Lipinski definition) is 0. The van der Waals surface area contributed by atoms with Crippen molar-refractivity contribution in [3.63, 3.8) is 0 Å². The molecule has 0 aliphatic heterocycles. The van der Waals surface area contributed by atoms with Crippen molar-refractivity contribution in [3.05, 3.63) is 102 Å². The Labute approximate surface area is 162 Å². The van der Waals surface area contributed by atoms with Gasteiger partial charge in [0.2, 0.25) is 0 Å². The first-order chi connectivity index (χ1) is 13.2. The molecule has 3 aromatic rings. The first-order valence-electron chi connectivity index (χ1n) is 8.83. The lowest BCUT2D eigenvalue weighted by molar-refractivity contribution is -0.133. The van der Waals surface area contributed by atoms with Crippen LogP contribution in [0.15, 0.2) is 84.9 Å². The van der Waals surface area contributed by atoms with E-state index in [1.807, 2.05) is 30.3 Å². The van der Waals surface area contributed by atoms with Crippen molar-refractivity contribution in [3.8, 4) is 0 Å². The molecule has 3 heteroatoms. The highest BCUT2D eigenvalue weighted by molar-refractivity contribution is 7.72. The van der Waals surface area contributed by atoms with Crippen molar-refractivity contribution in [2.24, 2.45) is 0 Å². The van der Waals surface area contributed by atoms with Crippen molar-refractivity contribution < 1.29 is 9.53 Å². The first-order valence-corrected chi connectivity index (χ1v) is 10.4. The largest absolute Gasteiger partial charge is 0.465 e. The first kappa shape index (κ1) is 19.1. The van der Waals surface area contributed by atoms with Crippen LogP contribution in [-0.2, 0) is 15.7 Å². The second kappa shape index (κ2) is 9.30. The number of allylic oxidation sites excluding steroid dienone is 1. The van der Waals surface area contributed by atoms with Crippen LogP contribution in [0.4, 0.5) is 0 Å². The van der Waals surface area contributed by atoms with Crippen LogP contribution < -0.4 is 10.6 Å². The Morgan fingerprint density at radius 1 is 0.852 bits per heavy atom. The van der Waals surface area contributed by atoms with Gasteiger partial charge in [-0.25, -0.2) is 4.79 Å². The summed E-state index contributed by atoms with van der Waals surface area (Å²) < 4.78 is 4.95. The van der Waals surface area contributed by atoms with E-state index < -0.39 is 7.92 Å². The highest BCUT2D eigenvalue weighted by Gasteiger charge is 2.19. The minimum Gasteiger partial charge on any atom is -0.465 e. The van der Waals surface area contributed by atoms with E-state index in [2.05, 4.69) is 60.7 Å². The average molecular weight is 373 g/mol. The van der Waals surface area contributed by atoms with Crippen molar-refractivity contribution in [1.29, 1.82) is 0 Å². The molecule has 27 heavy (non-hydrogen) atoms. The summed E-state index contributed by atoms with van der Waals surface area (Å²) in [7, 11) is 0.816. The molecule has 0 atom stereocenters. The van der Waals surface area contributed by atoms with Gasteiger partial charge in [0.15, 0.2) is 0 Å². The predicted octanol–water partition coefficient (Wildman–Crippen LogP) is 4.70. The molecule has 3 aromatic carbocycles. The lowest BCUT2D eigenvalue weighted by atomic mass is 10.0. The molecule has 0 amide bonds. The molecule has 0 unspecified atom stereocenters. The van der Waals surface area contributed by atoms with Crippen LogP contribution in [-0.4, -0.2) is 13.1 Å². The van der Waals surface area contributed by atoms with E-state index in [9.17, 15) is 4.79 Å². The van der Waals surface area contributed by atoms with Gasteiger partial charge in [0.25, 0.3) is 0 Å². The normalized spacial score (nSPS) is 11.4. The lowest BCUT2D eigenvalue weighted by Crippen LogP contribution is -2.14. The Morgan fingerprint density at radius 3 is 1.89 bits per heavy atom. The molecular weight excluding hydrogens is 351 g/mol. The zero-order chi connectivity index (χ0) is 19.1. The fourth-order valence-electron chi connectivity index (χ4n) is 3.07. The Kier molecular flexibility index (Phi) is 6.57. The van der Waals surface area contributed by atoms with Gasteiger partial charge in [-0.15, -0.1) is 0 Å². The van der Waals surface area contributed by atoms with Gasteiger partial charge in [-0.3, -0.25) is 0 Å². The molecule has 0 saturated heterocycles. The fourth-order valence-corrected chi connectivity index (χ4v) is 5.41. The van der Waals surface area contributed by atoms with Crippen molar-refractivity contribution >= 4 is 30.1 Å². The van der Waals surface area contributed by atoms with Gasteiger partial charge in [0.1, 0.15) is 0 Å². The van der Waals surface area contributed by atoms with Gasteiger partial charge < -0.3 is 4.74 Å². The summed E-state index contributed by atoms with van der Waals surface area (Å²) in [6.45, 7) is 1.75. The van der Waals surface area contributed by atoms with Crippen molar-refractivity contribution in [2.75, 3.05) is 7.11 Å². The summed E-state index contributed by atoms with van der Waals surface area (Å²) in [5.41, 5.74) is 2.52. The van der Waals surface area contributed by atoms with Crippen LogP contribution in [0, 0.1) is 6.08 Å². The number of carbonyl (C=O) groups excluding carboxylic acids is 1. The predicted molar refractivity (Wildman–Crippen MR) is 114 cm³/mol. The Balaban J connectivity index is 2.04. The topological polar surface area (TPSA) is 26.3 Å². The molecule has 0 aliphatic rings.